The molecule has 5 heteroatoms. The summed E-state index contributed by atoms with van der Waals surface area (Å²) in [5.41, 5.74) is 6.25. The van der Waals surface area contributed by atoms with Crippen LogP contribution in [-0.2, 0) is 6.54 Å². The Morgan fingerprint density at radius 2 is 1.62 bits per heavy atom. The molecule has 0 saturated heterocycles. The van der Waals surface area contributed by atoms with Crippen molar-refractivity contribution in [3.05, 3.63) is 83.9 Å². The minimum absolute atomic E-state index is 0.410. The summed E-state index contributed by atoms with van der Waals surface area (Å²) in [7, 11) is 1.66. The molecule has 3 rings (SSSR count). The van der Waals surface area contributed by atoms with Gasteiger partial charge in [-0.1, -0.05) is 36.4 Å². The molecule has 1 amide bonds. The van der Waals surface area contributed by atoms with Crippen LogP contribution in [0.1, 0.15) is 15.9 Å². The standard InChI is InChI=1S/C21H20N2O3/c1-26-20-4-2-3-15(13-20)14-22-19-11-9-17(10-12-19)16-5-7-18(8-6-16)21(24)23-25/h2-13,22,25H,14H2,1H3,(H,23,24). The van der Waals surface area contributed by atoms with Crippen molar-refractivity contribution in [2.45, 2.75) is 6.54 Å². The number of benzene rings is 3. The van der Waals surface area contributed by atoms with E-state index in [-0.39, 0.29) is 0 Å². The fraction of sp³-hybridized carbons (Fsp3) is 0.0952. The van der Waals surface area contributed by atoms with Gasteiger partial charge < -0.3 is 10.1 Å². The van der Waals surface area contributed by atoms with E-state index in [1.807, 2.05) is 60.7 Å². The van der Waals surface area contributed by atoms with Gasteiger partial charge in [-0.2, -0.15) is 0 Å². The van der Waals surface area contributed by atoms with Crippen LogP contribution in [0, 0.1) is 0 Å². The van der Waals surface area contributed by atoms with Gasteiger partial charge in [-0.05, 0) is 53.1 Å². The summed E-state index contributed by atoms with van der Waals surface area (Å²) in [6.45, 7) is 0.710. The van der Waals surface area contributed by atoms with Gasteiger partial charge in [-0.25, -0.2) is 5.48 Å². The number of hydroxylamine groups is 1. The van der Waals surface area contributed by atoms with E-state index in [1.54, 1.807) is 24.7 Å². The summed E-state index contributed by atoms with van der Waals surface area (Å²) < 4.78 is 5.24. The highest BCUT2D eigenvalue weighted by Crippen LogP contribution is 2.22. The van der Waals surface area contributed by atoms with Gasteiger partial charge in [-0.3, -0.25) is 10.0 Å². The van der Waals surface area contributed by atoms with Crippen molar-refractivity contribution in [2.75, 3.05) is 12.4 Å². The Bertz CT molecular complexity index is 875. The molecule has 0 fully saturated rings. The zero-order valence-electron chi connectivity index (χ0n) is 14.4. The zero-order valence-corrected chi connectivity index (χ0v) is 14.4. The third kappa shape index (κ3) is 4.20. The number of nitrogens with one attached hydrogen (secondary N) is 2. The second-order valence-corrected chi connectivity index (χ2v) is 5.80. The van der Waals surface area contributed by atoms with Crippen LogP contribution in [0.2, 0.25) is 0 Å². The van der Waals surface area contributed by atoms with Crippen LogP contribution in [-0.4, -0.2) is 18.2 Å². The Kier molecular flexibility index (Phi) is 5.51. The molecule has 0 unspecified atom stereocenters. The van der Waals surface area contributed by atoms with Crippen LogP contribution in [0.5, 0.6) is 5.75 Å². The number of carbonyl (C=O) groups excluding carboxylic acids is 1. The molecule has 0 aliphatic rings. The molecule has 0 saturated carbocycles. The maximum absolute atomic E-state index is 11.4. The van der Waals surface area contributed by atoms with Gasteiger partial charge in [0.15, 0.2) is 0 Å². The van der Waals surface area contributed by atoms with E-state index >= 15 is 0 Å². The second kappa shape index (κ2) is 8.18. The second-order valence-electron chi connectivity index (χ2n) is 5.80. The van der Waals surface area contributed by atoms with Crippen LogP contribution in [0.3, 0.4) is 0 Å². The van der Waals surface area contributed by atoms with E-state index in [0.717, 1.165) is 28.1 Å². The SMILES string of the molecule is COc1cccc(CNc2ccc(-c3ccc(C(=O)NO)cc3)cc2)c1. The molecule has 0 spiro atoms. The first-order valence-electron chi connectivity index (χ1n) is 8.21. The average Bonchev–Trinajstić information content (AvgIpc) is 2.72. The Morgan fingerprint density at radius 1 is 0.962 bits per heavy atom. The van der Waals surface area contributed by atoms with E-state index in [9.17, 15) is 4.79 Å². The summed E-state index contributed by atoms with van der Waals surface area (Å²) in [5, 5.41) is 12.0. The lowest BCUT2D eigenvalue weighted by Gasteiger charge is -2.09. The molecule has 26 heavy (non-hydrogen) atoms. The molecular weight excluding hydrogens is 328 g/mol. The lowest BCUT2D eigenvalue weighted by molar-refractivity contribution is 0.0706. The van der Waals surface area contributed by atoms with Gasteiger partial charge in [0, 0.05) is 17.8 Å². The quantitative estimate of drug-likeness (QED) is 0.463. The maximum Gasteiger partial charge on any atom is 0.274 e. The van der Waals surface area contributed by atoms with Gasteiger partial charge in [0.2, 0.25) is 0 Å². The number of methoxy groups -OCH3 is 1. The van der Waals surface area contributed by atoms with Crippen LogP contribution < -0.4 is 15.5 Å². The summed E-state index contributed by atoms with van der Waals surface area (Å²) >= 11 is 0. The normalized spacial score (nSPS) is 10.2. The lowest BCUT2D eigenvalue weighted by Crippen LogP contribution is -2.18. The Balaban J connectivity index is 1.65. The molecule has 0 aliphatic carbocycles. The molecule has 0 heterocycles. The zero-order chi connectivity index (χ0) is 18.4. The molecule has 0 atom stereocenters. The van der Waals surface area contributed by atoms with Crippen molar-refractivity contribution < 1.29 is 14.7 Å². The number of hydrogen-bond donors (Lipinski definition) is 3. The number of anilines is 1. The molecule has 0 radical (unpaired) electrons. The number of amides is 1. The van der Waals surface area contributed by atoms with Crippen LogP contribution in [0.15, 0.2) is 72.8 Å². The van der Waals surface area contributed by atoms with Gasteiger partial charge in [0.05, 0.1) is 7.11 Å². The summed E-state index contributed by atoms with van der Waals surface area (Å²) in [6, 6.07) is 23.1. The van der Waals surface area contributed by atoms with Crippen molar-refractivity contribution >= 4 is 11.6 Å². The van der Waals surface area contributed by atoms with Gasteiger partial charge in [0.1, 0.15) is 5.75 Å². The molecule has 3 aromatic rings. The third-order valence-corrected chi connectivity index (χ3v) is 4.10. The molecule has 3 aromatic carbocycles. The van der Waals surface area contributed by atoms with Crippen molar-refractivity contribution in [2.24, 2.45) is 0 Å². The van der Waals surface area contributed by atoms with E-state index in [2.05, 4.69) is 5.32 Å². The number of rotatable bonds is 6. The Labute approximate surface area is 152 Å². The van der Waals surface area contributed by atoms with Gasteiger partial charge in [-0.15, -0.1) is 0 Å². The highest BCUT2D eigenvalue weighted by molar-refractivity contribution is 5.93. The average molecular weight is 348 g/mol. The Morgan fingerprint density at radius 3 is 2.23 bits per heavy atom. The van der Waals surface area contributed by atoms with E-state index in [1.165, 1.54) is 0 Å². The molecule has 0 aromatic heterocycles. The van der Waals surface area contributed by atoms with Crippen LogP contribution in [0.4, 0.5) is 5.69 Å². The van der Waals surface area contributed by atoms with Gasteiger partial charge >= 0.3 is 0 Å². The maximum atomic E-state index is 11.4. The smallest absolute Gasteiger partial charge is 0.274 e. The van der Waals surface area contributed by atoms with E-state index in [4.69, 9.17) is 9.94 Å². The number of ether oxygens (including phenoxy) is 1. The highest BCUT2D eigenvalue weighted by atomic mass is 16.5. The molecule has 132 valence electrons. The van der Waals surface area contributed by atoms with Crippen molar-refractivity contribution in [3.8, 4) is 16.9 Å². The summed E-state index contributed by atoms with van der Waals surface area (Å²) in [6.07, 6.45) is 0. The van der Waals surface area contributed by atoms with Crippen LogP contribution in [0.25, 0.3) is 11.1 Å². The summed E-state index contributed by atoms with van der Waals surface area (Å²) in [4.78, 5) is 11.4. The highest BCUT2D eigenvalue weighted by Gasteiger charge is 2.04. The van der Waals surface area contributed by atoms with E-state index < -0.39 is 5.91 Å². The monoisotopic (exact) mass is 348 g/mol. The number of hydrogen-bond acceptors (Lipinski definition) is 4. The van der Waals surface area contributed by atoms with Crippen molar-refractivity contribution in [3.63, 3.8) is 0 Å². The first-order chi connectivity index (χ1) is 12.7. The van der Waals surface area contributed by atoms with Crippen molar-refractivity contribution in [1.29, 1.82) is 0 Å². The predicted octanol–water partition coefficient (Wildman–Crippen LogP) is 4.09. The largest absolute Gasteiger partial charge is 0.497 e. The molecule has 0 aliphatic heterocycles. The topological polar surface area (TPSA) is 70.6 Å². The van der Waals surface area contributed by atoms with Crippen LogP contribution >= 0.6 is 0 Å². The van der Waals surface area contributed by atoms with E-state index in [0.29, 0.717) is 12.1 Å². The summed E-state index contributed by atoms with van der Waals surface area (Å²) in [5.74, 6) is 0.326. The minimum atomic E-state index is -0.520. The molecule has 5 nitrogen and oxygen atoms in total. The first-order valence-corrected chi connectivity index (χ1v) is 8.21. The molecule has 3 N–H and O–H groups in total. The predicted molar refractivity (Wildman–Crippen MR) is 101 cm³/mol. The fourth-order valence-corrected chi connectivity index (χ4v) is 2.65. The lowest BCUT2D eigenvalue weighted by atomic mass is 10.0. The molecular formula is C21H20N2O3. The van der Waals surface area contributed by atoms with Crippen molar-refractivity contribution in [1.82, 2.24) is 5.48 Å². The molecule has 0 bridgehead atoms. The fourth-order valence-electron chi connectivity index (χ4n) is 2.65. The third-order valence-electron chi connectivity index (χ3n) is 4.10. The Hall–Kier alpha value is -3.31. The van der Waals surface area contributed by atoms with Gasteiger partial charge in [0.25, 0.3) is 5.91 Å². The first kappa shape index (κ1) is 17.5. The number of carbonyl (C=O) groups is 1. The minimum Gasteiger partial charge on any atom is -0.497 e.